The maximum Gasteiger partial charge on any atom is 0.243 e. The SMILES string of the molecule is C=CC(=O)NC1CCN(S(=O)(=O)c2cccc(C(C)C)c2)CC1. The molecule has 0 unspecified atom stereocenters. The molecule has 23 heavy (non-hydrogen) atoms. The van der Waals surface area contributed by atoms with Gasteiger partial charge < -0.3 is 5.32 Å². The van der Waals surface area contributed by atoms with E-state index in [0.29, 0.717) is 30.8 Å². The molecule has 0 atom stereocenters. The van der Waals surface area contributed by atoms with Crippen LogP contribution < -0.4 is 5.32 Å². The van der Waals surface area contributed by atoms with Crippen LogP contribution in [0, 0.1) is 0 Å². The number of amides is 1. The summed E-state index contributed by atoms with van der Waals surface area (Å²) in [4.78, 5) is 11.7. The fourth-order valence-corrected chi connectivity index (χ4v) is 4.21. The van der Waals surface area contributed by atoms with Crippen LogP contribution in [-0.2, 0) is 14.8 Å². The van der Waals surface area contributed by atoms with E-state index in [4.69, 9.17) is 0 Å². The number of nitrogens with zero attached hydrogens (tertiary/aromatic N) is 1. The molecular formula is C17H24N2O3S. The Bertz CT molecular complexity index is 675. The van der Waals surface area contributed by atoms with Gasteiger partial charge in [-0.2, -0.15) is 4.31 Å². The zero-order chi connectivity index (χ0) is 17.0. The quantitative estimate of drug-likeness (QED) is 0.839. The Morgan fingerprint density at radius 3 is 2.57 bits per heavy atom. The molecule has 2 rings (SSSR count). The fourth-order valence-electron chi connectivity index (χ4n) is 2.68. The standard InChI is InChI=1S/C17H24N2O3S/c1-4-17(20)18-15-8-10-19(11-9-15)23(21,22)16-7-5-6-14(12-16)13(2)3/h4-7,12-13,15H,1,8-11H2,2-3H3,(H,18,20). The Labute approximate surface area is 138 Å². The van der Waals surface area contributed by atoms with E-state index in [2.05, 4.69) is 11.9 Å². The first-order valence-electron chi connectivity index (χ1n) is 7.87. The third-order valence-corrected chi connectivity index (χ3v) is 6.04. The molecule has 0 aliphatic carbocycles. The molecule has 1 aliphatic rings. The largest absolute Gasteiger partial charge is 0.350 e. The van der Waals surface area contributed by atoms with Crippen molar-refractivity contribution in [3.05, 3.63) is 42.5 Å². The molecular weight excluding hydrogens is 312 g/mol. The van der Waals surface area contributed by atoms with Gasteiger partial charge in [0.05, 0.1) is 4.90 Å². The highest BCUT2D eigenvalue weighted by molar-refractivity contribution is 7.89. The van der Waals surface area contributed by atoms with E-state index in [-0.39, 0.29) is 17.9 Å². The van der Waals surface area contributed by atoms with Crippen molar-refractivity contribution in [2.24, 2.45) is 0 Å². The summed E-state index contributed by atoms with van der Waals surface area (Å²) in [7, 11) is -3.48. The molecule has 1 N–H and O–H groups in total. The van der Waals surface area contributed by atoms with Crippen LogP contribution in [0.1, 0.15) is 38.2 Å². The molecule has 126 valence electrons. The van der Waals surface area contributed by atoms with Crippen LogP contribution in [0.3, 0.4) is 0 Å². The minimum atomic E-state index is -3.48. The number of nitrogens with one attached hydrogen (secondary N) is 1. The Balaban J connectivity index is 2.08. The predicted molar refractivity (Wildman–Crippen MR) is 90.7 cm³/mol. The molecule has 0 bridgehead atoms. The molecule has 0 radical (unpaired) electrons. The topological polar surface area (TPSA) is 66.5 Å². The van der Waals surface area contributed by atoms with Crippen molar-refractivity contribution in [3.63, 3.8) is 0 Å². The van der Waals surface area contributed by atoms with Gasteiger partial charge in [0.2, 0.25) is 15.9 Å². The summed E-state index contributed by atoms with van der Waals surface area (Å²) in [6.45, 7) is 8.33. The minimum Gasteiger partial charge on any atom is -0.350 e. The summed E-state index contributed by atoms with van der Waals surface area (Å²) in [5.41, 5.74) is 1.01. The predicted octanol–water partition coefficient (Wildman–Crippen LogP) is 2.27. The first-order chi connectivity index (χ1) is 10.8. The normalized spacial score (nSPS) is 17.2. The lowest BCUT2D eigenvalue weighted by Gasteiger charge is -2.31. The van der Waals surface area contributed by atoms with E-state index < -0.39 is 10.0 Å². The van der Waals surface area contributed by atoms with Gasteiger partial charge in [0.15, 0.2) is 0 Å². The molecule has 0 spiro atoms. The number of benzene rings is 1. The van der Waals surface area contributed by atoms with E-state index in [1.807, 2.05) is 19.9 Å². The number of hydrogen-bond acceptors (Lipinski definition) is 3. The minimum absolute atomic E-state index is 0.00829. The molecule has 1 saturated heterocycles. The molecule has 1 heterocycles. The zero-order valence-corrected chi connectivity index (χ0v) is 14.5. The summed E-state index contributed by atoms with van der Waals surface area (Å²) in [5, 5.41) is 2.83. The second kappa shape index (κ2) is 7.27. The lowest BCUT2D eigenvalue weighted by atomic mass is 10.0. The summed E-state index contributed by atoms with van der Waals surface area (Å²) < 4.78 is 27.0. The molecule has 0 saturated carbocycles. The summed E-state index contributed by atoms with van der Waals surface area (Å²) in [6.07, 6.45) is 2.46. The maximum atomic E-state index is 12.8. The van der Waals surface area contributed by atoms with E-state index >= 15 is 0 Å². The van der Waals surface area contributed by atoms with Crippen molar-refractivity contribution in [1.82, 2.24) is 9.62 Å². The Hall–Kier alpha value is -1.66. The second-order valence-corrected chi connectivity index (χ2v) is 8.06. The number of sulfonamides is 1. The van der Waals surface area contributed by atoms with Crippen LogP contribution in [0.5, 0.6) is 0 Å². The van der Waals surface area contributed by atoms with Crippen molar-refractivity contribution in [1.29, 1.82) is 0 Å². The highest BCUT2D eigenvalue weighted by Gasteiger charge is 2.29. The molecule has 5 nitrogen and oxygen atoms in total. The van der Waals surface area contributed by atoms with E-state index in [1.54, 1.807) is 18.2 Å². The molecule has 1 aromatic rings. The zero-order valence-electron chi connectivity index (χ0n) is 13.7. The summed E-state index contributed by atoms with van der Waals surface area (Å²) >= 11 is 0. The van der Waals surface area contributed by atoms with Gasteiger partial charge in [0.1, 0.15) is 0 Å². The van der Waals surface area contributed by atoms with Crippen LogP contribution in [0.25, 0.3) is 0 Å². The summed E-state index contributed by atoms with van der Waals surface area (Å²) in [6, 6.07) is 7.15. The molecule has 1 fully saturated rings. The van der Waals surface area contributed by atoms with Crippen molar-refractivity contribution in [2.45, 2.75) is 43.5 Å². The highest BCUT2D eigenvalue weighted by Crippen LogP contribution is 2.24. The number of carbonyl (C=O) groups excluding carboxylic acids is 1. The van der Waals surface area contributed by atoms with Gasteiger partial charge in [0, 0.05) is 19.1 Å². The van der Waals surface area contributed by atoms with Gasteiger partial charge in [0.25, 0.3) is 0 Å². The molecule has 1 aromatic carbocycles. The van der Waals surface area contributed by atoms with Gasteiger partial charge >= 0.3 is 0 Å². The number of rotatable bonds is 5. The maximum absolute atomic E-state index is 12.8. The number of piperidine rings is 1. The van der Waals surface area contributed by atoms with Crippen molar-refractivity contribution in [3.8, 4) is 0 Å². The van der Waals surface area contributed by atoms with Crippen LogP contribution in [0.4, 0.5) is 0 Å². The number of hydrogen-bond donors (Lipinski definition) is 1. The third kappa shape index (κ3) is 4.20. The van der Waals surface area contributed by atoms with Crippen LogP contribution in [0.15, 0.2) is 41.8 Å². The van der Waals surface area contributed by atoms with Crippen molar-refractivity contribution < 1.29 is 13.2 Å². The van der Waals surface area contributed by atoms with Gasteiger partial charge in [-0.05, 0) is 42.5 Å². The Kier molecular flexibility index (Phi) is 5.59. The monoisotopic (exact) mass is 336 g/mol. The first-order valence-corrected chi connectivity index (χ1v) is 9.31. The highest BCUT2D eigenvalue weighted by atomic mass is 32.2. The van der Waals surface area contributed by atoms with Crippen LogP contribution in [0.2, 0.25) is 0 Å². The van der Waals surface area contributed by atoms with Crippen LogP contribution in [-0.4, -0.2) is 37.8 Å². The lowest BCUT2D eigenvalue weighted by molar-refractivity contribution is -0.117. The first kappa shape index (κ1) is 17.7. The van der Waals surface area contributed by atoms with Crippen molar-refractivity contribution >= 4 is 15.9 Å². The average molecular weight is 336 g/mol. The van der Waals surface area contributed by atoms with Gasteiger partial charge in [-0.15, -0.1) is 0 Å². The van der Waals surface area contributed by atoms with Crippen LogP contribution >= 0.6 is 0 Å². The Morgan fingerprint density at radius 2 is 2.00 bits per heavy atom. The fraction of sp³-hybridized carbons (Fsp3) is 0.471. The van der Waals surface area contributed by atoms with E-state index in [1.165, 1.54) is 10.4 Å². The van der Waals surface area contributed by atoms with Gasteiger partial charge in [-0.25, -0.2) is 8.42 Å². The van der Waals surface area contributed by atoms with E-state index in [0.717, 1.165) is 5.56 Å². The van der Waals surface area contributed by atoms with E-state index in [9.17, 15) is 13.2 Å². The lowest BCUT2D eigenvalue weighted by Crippen LogP contribution is -2.46. The second-order valence-electron chi connectivity index (χ2n) is 6.12. The summed E-state index contributed by atoms with van der Waals surface area (Å²) in [5.74, 6) is 0.0703. The molecule has 1 amide bonds. The number of carbonyl (C=O) groups is 1. The van der Waals surface area contributed by atoms with Gasteiger partial charge in [-0.1, -0.05) is 32.6 Å². The smallest absolute Gasteiger partial charge is 0.243 e. The molecule has 0 aromatic heterocycles. The molecule has 1 aliphatic heterocycles. The van der Waals surface area contributed by atoms with Crippen molar-refractivity contribution in [2.75, 3.05) is 13.1 Å². The Morgan fingerprint density at radius 1 is 1.35 bits per heavy atom. The third-order valence-electron chi connectivity index (χ3n) is 4.15. The molecule has 6 heteroatoms. The van der Waals surface area contributed by atoms with Gasteiger partial charge in [-0.3, -0.25) is 4.79 Å². The average Bonchev–Trinajstić information content (AvgIpc) is 2.55.